The maximum atomic E-state index is 12.1. The Morgan fingerprint density at radius 1 is 1.43 bits per heavy atom. The van der Waals surface area contributed by atoms with E-state index >= 15 is 0 Å². The van der Waals surface area contributed by atoms with Gasteiger partial charge in [-0.25, -0.2) is 0 Å². The number of ketones is 1. The van der Waals surface area contributed by atoms with Crippen LogP contribution in [0.15, 0.2) is 11.6 Å². The van der Waals surface area contributed by atoms with Gasteiger partial charge in [-0.15, -0.1) is 0 Å². The molecule has 0 aromatic rings. The topological polar surface area (TPSA) is 55.8 Å². The highest BCUT2D eigenvalue weighted by Crippen LogP contribution is 2.44. The molecule has 0 radical (unpaired) electrons. The van der Waals surface area contributed by atoms with E-state index in [-0.39, 0.29) is 24.2 Å². The normalized spacial score (nSPS) is 34.2. The number of hydrogen-bond acceptors (Lipinski definition) is 4. The van der Waals surface area contributed by atoms with Gasteiger partial charge in [0, 0.05) is 12.3 Å². The first-order valence-electron chi connectivity index (χ1n) is 8.89. The highest BCUT2D eigenvalue weighted by molar-refractivity contribution is 5.82. The van der Waals surface area contributed by atoms with Crippen molar-refractivity contribution in [3.05, 3.63) is 11.6 Å². The monoisotopic (exact) mass is 324 g/mol. The minimum absolute atomic E-state index is 0.0372. The number of fused-ring (bicyclic) bond motifs is 2. The van der Waals surface area contributed by atoms with Gasteiger partial charge < -0.3 is 14.6 Å². The average Bonchev–Trinajstić information content (AvgIpc) is 2.91. The van der Waals surface area contributed by atoms with E-state index in [4.69, 9.17) is 9.47 Å². The van der Waals surface area contributed by atoms with Crippen molar-refractivity contribution in [1.29, 1.82) is 0 Å². The fourth-order valence-electron chi connectivity index (χ4n) is 3.56. The highest BCUT2D eigenvalue weighted by Gasteiger charge is 2.53. The largest absolute Gasteiger partial charge is 0.393 e. The van der Waals surface area contributed by atoms with E-state index in [2.05, 4.69) is 6.92 Å². The molecule has 4 heteroatoms. The van der Waals surface area contributed by atoms with Gasteiger partial charge in [0.2, 0.25) is 0 Å². The Morgan fingerprint density at radius 2 is 2.17 bits per heavy atom. The van der Waals surface area contributed by atoms with Crippen LogP contribution >= 0.6 is 0 Å². The molecule has 1 unspecified atom stereocenters. The van der Waals surface area contributed by atoms with Crippen molar-refractivity contribution in [2.45, 2.75) is 83.5 Å². The summed E-state index contributed by atoms with van der Waals surface area (Å²) in [5, 5.41) is 9.49. The van der Waals surface area contributed by atoms with E-state index < -0.39 is 5.60 Å². The van der Waals surface area contributed by atoms with Crippen molar-refractivity contribution in [1.82, 2.24) is 0 Å². The van der Waals surface area contributed by atoms with E-state index in [1.165, 1.54) is 5.57 Å². The summed E-state index contributed by atoms with van der Waals surface area (Å²) in [5.41, 5.74) is 0.453. The summed E-state index contributed by atoms with van der Waals surface area (Å²) in [5.74, 6) is 0.413. The van der Waals surface area contributed by atoms with Crippen LogP contribution in [0.4, 0.5) is 0 Å². The van der Waals surface area contributed by atoms with Gasteiger partial charge in [0.1, 0.15) is 11.4 Å². The molecule has 2 rings (SSSR count). The standard InChI is InChI=1S/C19H32O4/c1-14(2)7-8-16(21)15(3)6-5-10-18(4)17-9-11-19(12-20,23-17)13-22-18/h7,15,17,20H,5-6,8-13H2,1-4H3/t15?,17-,18+,19-/m1/s1. The Balaban J connectivity index is 1.78. The lowest BCUT2D eigenvalue weighted by Crippen LogP contribution is -2.53. The number of aliphatic hydroxyl groups is 1. The molecule has 1 N–H and O–H groups in total. The van der Waals surface area contributed by atoms with Crippen LogP contribution in [0.1, 0.15) is 66.2 Å². The number of rotatable bonds is 8. The number of carbonyl (C=O) groups is 1. The van der Waals surface area contributed by atoms with Gasteiger partial charge in [0.15, 0.2) is 0 Å². The molecule has 23 heavy (non-hydrogen) atoms. The smallest absolute Gasteiger partial charge is 0.139 e. The molecular formula is C19H32O4. The molecule has 2 aliphatic heterocycles. The second kappa shape index (κ2) is 7.45. The van der Waals surface area contributed by atoms with E-state index in [1.807, 2.05) is 26.8 Å². The Kier molecular flexibility index (Phi) is 6.04. The first-order valence-corrected chi connectivity index (χ1v) is 8.89. The van der Waals surface area contributed by atoms with Gasteiger partial charge in [0.25, 0.3) is 0 Å². The van der Waals surface area contributed by atoms with Crippen molar-refractivity contribution in [2.75, 3.05) is 13.2 Å². The van der Waals surface area contributed by atoms with Crippen molar-refractivity contribution in [2.24, 2.45) is 5.92 Å². The van der Waals surface area contributed by atoms with Crippen LogP contribution < -0.4 is 0 Å². The molecule has 0 aromatic carbocycles. The molecular weight excluding hydrogens is 292 g/mol. The van der Waals surface area contributed by atoms with E-state index in [0.29, 0.717) is 18.8 Å². The third-order valence-electron chi connectivity index (χ3n) is 5.46. The van der Waals surface area contributed by atoms with Crippen molar-refractivity contribution in [3.8, 4) is 0 Å². The quantitative estimate of drug-likeness (QED) is 0.695. The molecule has 2 saturated heterocycles. The summed E-state index contributed by atoms with van der Waals surface area (Å²) >= 11 is 0. The predicted molar refractivity (Wildman–Crippen MR) is 90.4 cm³/mol. The zero-order valence-electron chi connectivity index (χ0n) is 15.1. The molecule has 2 bridgehead atoms. The second-order valence-electron chi connectivity index (χ2n) is 7.83. The molecule has 2 fully saturated rings. The fraction of sp³-hybridized carbons (Fsp3) is 0.842. The fourth-order valence-corrected chi connectivity index (χ4v) is 3.56. The predicted octanol–water partition coefficient (Wildman–Crippen LogP) is 3.42. The first kappa shape index (κ1) is 18.6. The van der Waals surface area contributed by atoms with Crippen LogP contribution in [0.2, 0.25) is 0 Å². The van der Waals surface area contributed by atoms with Crippen molar-refractivity contribution in [3.63, 3.8) is 0 Å². The summed E-state index contributed by atoms with van der Waals surface area (Å²) < 4.78 is 12.2. The number of Topliss-reactive ketones (excluding diaryl/α,β-unsaturated/α-hetero) is 1. The van der Waals surface area contributed by atoms with Gasteiger partial charge >= 0.3 is 0 Å². The van der Waals surface area contributed by atoms with Crippen LogP contribution in [0.3, 0.4) is 0 Å². The van der Waals surface area contributed by atoms with Gasteiger partial charge in [-0.2, -0.15) is 0 Å². The molecule has 4 atom stereocenters. The van der Waals surface area contributed by atoms with E-state index in [0.717, 1.165) is 32.1 Å². The van der Waals surface area contributed by atoms with Crippen LogP contribution in [-0.4, -0.2) is 41.4 Å². The molecule has 0 saturated carbocycles. The Hall–Kier alpha value is -0.710. The third-order valence-corrected chi connectivity index (χ3v) is 5.46. The SMILES string of the molecule is CC(C)=CCC(=O)C(C)CCC[C@]1(C)OC[C@]2(CO)CC[C@H]1O2. The Labute approximate surface area is 140 Å². The first-order chi connectivity index (χ1) is 10.8. The van der Waals surface area contributed by atoms with Gasteiger partial charge in [-0.05, 0) is 52.9 Å². The van der Waals surface area contributed by atoms with Crippen LogP contribution in [0.5, 0.6) is 0 Å². The van der Waals surface area contributed by atoms with Gasteiger partial charge in [0.05, 0.1) is 24.9 Å². The molecule has 132 valence electrons. The van der Waals surface area contributed by atoms with Crippen molar-refractivity contribution >= 4 is 5.78 Å². The average molecular weight is 324 g/mol. The van der Waals surface area contributed by atoms with E-state index in [9.17, 15) is 9.90 Å². The van der Waals surface area contributed by atoms with Crippen LogP contribution in [-0.2, 0) is 14.3 Å². The number of ether oxygens (including phenoxy) is 2. The lowest BCUT2D eigenvalue weighted by atomic mass is 9.88. The minimum Gasteiger partial charge on any atom is -0.393 e. The summed E-state index contributed by atoms with van der Waals surface area (Å²) in [6.45, 7) is 8.69. The zero-order chi connectivity index (χ0) is 17.1. The Morgan fingerprint density at radius 3 is 2.83 bits per heavy atom. The highest BCUT2D eigenvalue weighted by atomic mass is 16.6. The Bertz CT molecular complexity index is 454. The molecule has 0 amide bonds. The zero-order valence-corrected chi connectivity index (χ0v) is 15.1. The maximum Gasteiger partial charge on any atom is 0.139 e. The van der Waals surface area contributed by atoms with Crippen LogP contribution in [0.25, 0.3) is 0 Å². The maximum absolute atomic E-state index is 12.1. The lowest BCUT2D eigenvalue weighted by Gasteiger charge is -2.43. The second-order valence-corrected chi connectivity index (χ2v) is 7.83. The lowest BCUT2D eigenvalue weighted by molar-refractivity contribution is -0.248. The number of hydrogen-bond donors (Lipinski definition) is 1. The molecule has 0 aliphatic carbocycles. The summed E-state index contributed by atoms with van der Waals surface area (Å²) in [6, 6.07) is 0. The van der Waals surface area contributed by atoms with Crippen molar-refractivity contribution < 1.29 is 19.4 Å². The molecule has 2 aliphatic rings. The number of carbonyl (C=O) groups excluding carboxylic acids is 1. The van der Waals surface area contributed by atoms with Gasteiger partial charge in [-0.3, -0.25) is 4.79 Å². The molecule has 0 spiro atoms. The number of aliphatic hydroxyl groups excluding tert-OH is 1. The summed E-state index contributed by atoms with van der Waals surface area (Å²) in [6.07, 6.45) is 7.21. The molecule has 4 nitrogen and oxygen atoms in total. The number of allylic oxidation sites excluding steroid dienone is 2. The summed E-state index contributed by atoms with van der Waals surface area (Å²) in [4.78, 5) is 12.1. The summed E-state index contributed by atoms with van der Waals surface area (Å²) in [7, 11) is 0. The van der Waals surface area contributed by atoms with Gasteiger partial charge in [-0.1, -0.05) is 18.6 Å². The van der Waals surface area contributed by atoms with E-state index in [1.54, 1.807) is 0 Å². The van der Waals surface area contributed by atoms with Crippen LogP contribution in [0, 0.1) is 5.92 Å². The minimum atomic E-state index is -0.461. The molecule has 0 aromatic heterocycles. The molecule has 2 heterocycles. The third kappa shape index (κ3) is 4.43.